The van der Waals surface area contributed by atoms with E-state index in [1.165, 1.54) is 4.90 Å². The van der Waals surface area contributed by atoms with Crippen LogP contribution < -0.4 is 0 Å². The second-order valence-corrected chi connectivity index (χ2v) is 4.14. The van der Waals surface area contributed by atoms with E-state index in [2.05, 4.69) is 10.9 Å². The maximum Gasteiger partial charge on any atom is 0.270 e. The lowest BCUT2D eigenvalue weighted by molar-refractivity contribution is 0.0808. The summed E-state index contributed by atoms with van der Waals surface area (Å²) in [5.41, 5.74) is 2.71. The Morgan fingerprint density at radius 1 is 1.47 bits per heavy atom. The molecule has 0 bridgehead atoms. The van der Waals surface area contributed by atoms with Crippen molar-refractivity contribution >= 4 is 16.8 Å². The van der Waals surface area contributed by atoms with Gasteiger partial charge in [-0.05, 0) is 24.6 Å². The summed E-state index contributed by atoms with van der Waals surface area (Å²) in [6.07, 6.45) is 5.19. The number of hydrogen-bond acceptors (Lipinski definition) is 1. The van der Waals surface area contributed by atoms with Gasteiger partial charge in [-0.1, -0.05) is 18.1 Å². The van der Waals surface area contributed by atoms with Gasteiger partial charge in [0.25, 0.3) is 5.91 Å². The molecule has 0 fully saturated rings. The summed E-state index contributed by atoms with van der Waals surface area (Å²) >= 11 is 0. The van der Waals surface area contributed by atoms with E-state index in [0.29, 0.717) is 12.2 Å². The molecule has 1 heterocycles. The Hall–Kier alpha value is -2.21. The third-order valence-corrected chi connectivity index (χ3v) is 2.68. The van der Waals surface area contributed by atoms with Gasteiger partial charge in [0.15, 0.2) is 0 Å². The minimum absolute atomic E-state index is 0.0863. The van der Waals surface area contributed by atoms with E-state index in [0.717, 1.165) is 16.5 Å². The lowest BCUT2D eigenvalue weighted by atomic mass is 10.2. The number of amides is 1. The average molecular weight is 226 g/mol. The number of fused-ring (bicyclic) bond motifs is 1. The van der Waals surface area contributed by atoms with Gasteiger partial charge >= 0.3 is 0 Å². The zero-order valence-corrected chi connectivity index (χ0v) is 9.95. The van der Waals surface area contributed by atoms with E-state index < -0.39 is 0 Å². The zero-order valence-electron chi connectivity index (χ0n) is 9.95. The van der Waals surface area contributed by atoms with Crippen LogP contribution in [0.5, 0.6) is 0 Å². The molecule has 86 valence electrons. The van der Waals surface area contributed by atoms with Crippen molar-refractivity contribution in [1.82, 2.24) is 9.88 Å². The number of nitrogens with zero attached hydrogens (tertiary/aromatic N) is 1. The smallest absolute Gasteiger partial charge is 0.270 e. The van der Waals surface area contributed by atoms with Crippen molar-refractivity contribution in [3.63, 3.8) is 0 Å². The van der Waals surface area contributed by atoms with Crippen LogP contribution in [0, 0.1) is 19.3 Å². The summed E-state index contributed by atoms with van der Waals surface area (Å²) in [6.45, 7) is 2.33. The molecule has 1 N–H and O–H groups in total. The van der Waals surface area contributed by atoms with Crippen LogP contribution in [-0.2, 0) is 0 Å². The third-order valence-electron chi connectivity index (χ3n) is 2.68. The van der Waals surface area contributed by atoms with Gasteiger partial charge in [-0.25, -0.2) is 0 Å². The minimum atomic E-state index is -0.0863. The van der Waals surface area contributed by atoms with E-state index in [-0.39, 0.29) is 5.91 Å². The number of rotatable bonds is 2. The maximum absolute atomic E-state index is 12.0. The van der Waals surface area contributed by atoms with Crippen LogP contribution >= 0.6 is 0 Å². The molecule has 0 unspecified atom stereocenters. The molecule has 1 amide bonds. The Bertz CT molecular complexity index is 604. The molecule has 2 aromatic rings. The summed E-state index contributed by atoms with van der Waals surface area (Å²) in [5, 5.41) is 1.04. The average Bonchev–Trinajstić information content (AvgIpc) is 2.71. The summed E-state index contributed by atoms with van der Waals surface area (Å²) in [5.74, 6) is 2.37. The highest BCUT2D eigenvalue weighted by Gasteiger charge is 2.13. The van der Waals surface area contributed by atoms with Crippen molar-refractivity contribution in [2.75, 3.05) is 13.6 Å². The molecular weight excluding hydrogens is 212 g/mol. The number of aryl methyl sites for hydroxylation is 1. The largest absolute Gasteiger partial charge is 0.351 e. The summed E-state index contributed by atoms with van der Waals surface area (Å²) in [6, 6.07) is 7.89. The van der Waals surface area contributed by atoms with Gasteiger partial charge in [-0.2, -0.15) is 0 Å². The van der Waals surface area contributed by atoms with Crippen LogP contribution in [0.3, 0.4) is 0 Å². The number of aromatic nitrogens is 1. The number of hydrogen-bond donors (Lipinski definition) is 1. The van der Waals surface area contributed by atoms with Crippen molar-refractivity contribution < 1.29 is 4.79 Å². The first-order valence-electron chi connectivity index (χ1n) is 5.40. The Balaban J connectivity index is 2.37. The van der Waals surface area contributed by atoms with Gasteiger partial charge in [0, 0.05) is 18.0 Å². The molecule has 3 nitrogen and oxygen atoms in total. The molecule has 17 heavy (non-hydrogen) atoms. The number of aromatic amines is 1. The predicted octanol–water partition coefficient (Wildman–Crippen LogP) is 2.18. The first-order valence-corrected chi connectivity index (χ1v) is 5.40. The van der Waals surface area contributed by atoms with Crippen molar-refractivity contribution in [3.8, 4) is 12.3 Å². The summed E-state index contributed by atoms with van der Waals surface area (Å²) in [4.78, 5) is 16.6. The molecule has 1 aromatic carbocycles. The number of H-pyrrole nitrogens is 1. The van der Waals surface area contributed by atoms with Crippen LogP contribution in [0.1, 0.15) is 16.1 Å². The normalized spacial score (nSPS) is 10.2. The Kier molecular flexibility index (Phi) is 2.88. The molecule has 0 saturated heterocycles. The third kappa shape index (κ3) is 2.16. The first-order chi connectivity index (χ1) is 8.11. The quantitative estimate of drug-likeness (QED) is 0.783. The highest BCUT2D eigenvalue weighted by Crippen LogP contribution is 2.17. The second kappa shape index (κ2) is 4.34. The molecule has 0 atom stereocenters. The maximum atomic E-state index is 12.0. The van der Waals surface area contributed by atoms with E-state index in [1.807, 2.05) is 31.2 Å². The molecular formula is C14H14N2O. The van der Waals surface area contributed by atoms with Crippen molar-refractivity contribution in [2.24, 2.45) is 0 Å². The summed E-state index contributed by atoms with van der Waals surface area (Å²) < 4.78 is 0. The molecule has 0 radical (unpaired) electrons. The molecule has 0 spiro atoms. The van der Waals surface area contributed by atoms with Gasteiger partial charge in [0.1, 0.15) is 5.69 Å². The van der Waals surface area contributed by atoms with Crippen LogP contribution in [0.25, 0.3) is 10.9 Å². The Morgan fingerprint density at radius 3 is 2.94 bits per heavy atom. The first kappa shape index (κ1) is 11.3. The number of carbonyl (C=O) groups excluding carboxylic acids is 1. The van der Waals surface area contributed by atoms with Crippen LogP contribution in [0.2, 0.25) is 0 Å². The number of carbonyl (C=O) groups is 1. The number of benzene rings is 1. The van der Waals surface area contributed by atoms with E-state index in [1.54, 1.807) is 7.05 Å². The van der Waals surface area contributed by atoms with Gasteiger partial charge in [0.2, 0.25) is 0 Å². The fraction of sp³-hybridized carbons (Fsp3) is 0.214. The molecule has 0 saturated carbocycles. The van der Waals surface area contributed by atoms with Crippen LogP contribution in [0.4, 0.5) is 0 Å². The highest BCUT2D eigenvalue weighted by molar-refractivity contribution is 5.98. The topological polar surface area (TPSA) is 36.1 Å². The fourth-order valence-electron chi connectivity index (χ4n) is 1.77. The predicted molar refractivity (Wildman–Crippen MR) is 68.8 cm³/mol. The molecule has 0 aliphatic carbocycles. The summed E-state index contributed by atoms with van der Waals surface area (Å²) in [7, 11) is 1.69. The highest BCUT2D eigenvalue weighted by atomic mass is 16.2. The second-order valence-electron chi connectivity index (χ2n) is 4.14. The molecule has 3 heteroatoms. The standard InChI is InChI=1S/C14H14N2O/c1-4-7-16(3)14(17)13-9-11-6-5-10(2)8-12(11)15-13/h1,5-6,8-9,15H,7H2,2-3H3. The fourth-order valence-corrected chi connectivity index (χ4v) is 1.77. The van der Waals surface area contributed by atoms with E-state index >= 15 is 0 Å². The zero-order chi connectivity index (χ0) is 12.4. The van der Waals surface area contributed by atoms with Gasteiger partial charge < -0.3 is 9.88 Å². The Labute approximate surface area is 100 Å². The Morgan fingerprint density at radius 2 is 2.24 bits per heavy atom. The lowest BCUT2D eigenvalue weighted by Gasteiger charge is -2.11. The molecule has 1 aromatic heterocycles. The molecule has 2 rings (SSSR count). The SMILES string of the molecule is C#CCN(C)C(=O)c1cc2ccc(C)cc2[nH]1. The number of terminal acetylenes is 1. The van der Waals surface area contributed by atoms with Gasteiger partial charge in [-0.3, -0.25) is 4.79 Å². The minimum Gasteiger partial charge on any atom is -0.351 e. The van der Waals surface area contributed by atoms with Crippen molar-refractivity contribution in [3.05, 3.63) is 35.5 Å². The monoisotopic (exact) mass is 226 g/mol. The van der Waals surface area contributed by atoms with Crippen molar-refractivity contribution in [1.29, 1.82) is 0 Å². The van der Waals surface area contributed by atoms with Crippen LogP contribution in [-0.4, -0.2) is 29.4 Å². The molecule has 0 aliphatic rings. The van der Waals surface area contributed by atoms with Gasteiger partial charge in [0.05, 0.1) is 6.54 Å². The number of nitrogens with one attached hydrogen (secondary N) is 1. The molecule has 0 aliphatic heterocycles. The van der Waals surface area contributed by atoms with Crippen molar-refractivity contribution in [2.45, 2.75) is 6.92 Å². The van der Waals surface area contributed by atoms with E-state index in [4.69, 9.17) is 6.42 Å². The van der Waals surface area contributed by atoms with Crippen LogP contribution in [0.15, 0.2) is 24.3 Å². The lowest BCUT2D eigenvalue weighted by Crippen LogP contribution is -2.27. The van der Waals surface area contributed by atoms with Gasteiger partial charge in [-0.15, -0.1) is 6.42 Å². The van der Waals surface area contributed by atoms with E-state index in [9.17, 15) is 4.79 Å².